The van der Waals surface area contributed by atoms with E-state index in [2.05, 4.69) is 37.9 Å². The standard InChI is InChI=1S/C14H30N2O/c1-12(2)10-16-8-6-13(7-9-16)15-11-14(3,4)17-5/h12-13,15H,6-11H2,1-5H3. The lowest BCUT2D eigenvalue weighted by Crippen LogP contribution is -2.47. The maximum absolute atomic E-state index is 5.43. The van der Waals surface area contributed by atoms with E-state index < -0.39 is 0 Å². The zero-order chi connectivity index (χ0) is 12.9. The van der Waals surface area contributed by atoms with Crippen LogP contribution >= 0.6 is 0 Å². The van der Waals surface area contributed by atoms with Gasteiger partial charge in [0.2, 0.25) is 0 Å². The maximum atomic E-state index is 5.43. The third-order valence-electron chi connectivity index (χ3n) is 3.58. The van der Waals surface area contributed by atoms with Gasteiger partial charge in [0.25, 0.3) is 0 Å². The van der Waals surface area contributed by atoms with E-state index in [-0.39, 0.29) is 5.60 Å². The zero-order valence-corrected chi connectivity index (χ0v) is 12.3. The number of methoxy groups -OCH3 is 1. The molecule has 0 atom stereocenters. The van der Waals surface area contributed by atoms with Crippen LogP contribution in [0.5, 0.6) is 0 Å². The van der Waals surface area contributed by atoms with Crippen LogP contribution in [0.3, 0.4) is 0 Å². The highest BCUT2D eigenvalue weighted by atomic mass is 16.5. The summed E-state index contributed by atoms with van der Waals surface area (Å²) < 4.78 is 5.43. The van der Waals surface area contributed by atoms with Gasteiger partial charge in [-0.05, 0) is 45.7 Å². The fourth-order valence-electron chi connectivity index (χ4n) is 2.30. The van der Waals surface area contributed by atoms with Crippen molar-refractivity contribution in [3.63, 3.8) is 0 Å². The molecule has 1 rings (SSSR count). The van der Waals surface area contributed by atoms with Crippen LogP contribution in [0, 0.1) is 5.92 Å². The zero-order valence-electron chi connectivity index (χ0n) is 12.3. The smallest absolute Gasteiger partial charge is 0.0746 e. The van der Waals surface area contributed by atoms with Gasteiger partial charge in [-0.2, -0.15) is 0 Å². The second-order valence-electron chi connectivity index (χ2n) is 6.31. The first-order chi connectivity index (χ1) is 7.93. The number of hydrogen-bond donors (Lipinski definition) is 1. The van der Waals surface area contributed by atoms with Crippen LogP contribution < -0.4 is 5.32 Å². The summed E-state index contributed by atoms with van der Waals surface area (Å²) in [5.74, 6) is 0.784. The molecule has 1 fully saturated rings. The summed E-state index contributed by atoms with van der Waals surface area (Å²) in [6.07, 6.45) is 2.54. The second-order valence-corrected chi connectivity index (χ2v) is 6.31. The van der Waals surface area contributed by atoms with Crippen molar-refractivity contribution in [3.05, 3.63) is 0 Å². The molecule has 0 unspecified atom stereocenters. The Morgan fingerprint density at radius 3 is 2.35 bits per heavy atom. The van der Waals surface area contributed by atoms with Crippen LogP contribution in [0.1, 0.15) is 40.5 Å². The van der Waals surface area contributed by atoms with Crippen molar-refractivity contribution in [3.8, 4) is 0 Å². The lowest BCUT2D eigenvalue weighted by atomic mass is 10.0. The molecule has 102 valence electrons. The SMILES string of the molecule is COC(C)(C)CNC1CCN(CC(C)C)CC1. The number of piperidine rings is 1. The predicted octanol–water partition coefficient (Wildman–Crippen LogP) is 2.12. The van der Waals surface area contributed by atoms with Crippen molar-refractivity contribution in [1.29, 1.82) is 0 Å². The lowest BCUT2D eigenvalue weighted by molar-refractivity contribution is 0.0188. The van der Waals surface area contributed by atoms with Crippen LogP contribution in [0.2, 0.25) is 0 Å². The summed E-state index contributed by atoms with van der Waals surface area (Å²) in [5.41, 5.74) is -0.0466. The first-order valence-electron chi connectivity index (χ1n) is 6.94. The molecule has 17 heavy (non-hydrogen) atoms. The Morgan fingerprint density at radius 2 is 1.88 bits per heavy atom. The number of rotatable bonds is 6. The summed E-state index contributed by atoms with van der Waals surface area (Å²) in [6.45, 7) is 13.5. The molecule has 1 aliphatic heterocycles. The third-order valence-corrected chi connectivity index (χ3v) is 3.58. The Bertz CT molecular complexity index is 208. The number of likely N-dealkylation sites (tertiary alicyclic amines) is 1. The molecule has 1 heterocycles. The van der Waals surface area contributed by atoms with Gasteiger partial charge in [0.15, 0.2) is 0 Å². The van der Waals surface area contributed by atoms with Gasteiger partial charge in [0, 0.05) is 26.2 Å². The van der Waals surface area contributed by atoms with Crippen molar-refractivity contribution in [2.24, 2.45) is 5.92 Å². The van der Waals surface area contributed by atoms with E-state index in [9.17, 15) is 0 Å². The minimum absolute atomic E-state index is 0.0466. The average Bonchev–Trinajstić information content (AvgIpc) is 2.28. The van der Waals surface area contributed by atoms with Crippen molar-refractivity contribution in [2.45, 2.75) is 52.2 Å². The maximum Gasteiger partial charge on any atom is 0.0746 e. The molecule has 1 N–H and O–H groups in total. The van der Waals surface area contributed by atoms with E-state index in [1.54, 1.807) is 7.11 Å². The molecule has 1 saturated heterocycles. The van der Waals surface area contributed by atoms with Gasteiger partial charge in [-0.25, -0.2) is 0 Å². The lowest BCUT2D eigenvalue weighted by Gasteiger charge is -2.35. The highest BCUT2D eigenvalue weighted by molar-refractivity contribution is 4.81. The van der Waals surface area contributed by atoms with Crippen LogP contribution in [-0.2, 0) is 4.74 Å². The van der Waals surface area contributed by atoms with Gasteiger partial charge in [-0.1, -0.05) is 13.8 Å². The monoisotopic (exact) mass is 242 g/mol. The molecule has 3 nitrogen and oxygen atoms in total. The molecule has 0 saturated carbocycles. The Hall–Kier alpha value is -0.120. The summed E-state index contributed by atoms with van der Waals surface area (Å²) in [5, 5.41) is 3.63. The Balaban J connectivity index is 2.19. The highest BCUT2D eigenvalue weighted by Crippen LogP contribution is 2.13. The topological polar surface area (TPSA) is 24.5 Å². The number of hydrogen-bond acceptors (Lipinski definition) is 3. The summed E-state index contributed by atoms with van der Waals surface area (Å²) in [6, 6.07) is 0.674. The number of nitrogens with one attached hydrogen (secondary N) is 1. The summed E-state index contributed by atoms with van der Waals surface area (Å²) in [4.78, 5) is 2.59. The molecule has 0 aliphatic carbocycles. The van der Waals surface area contributed by atoms with E-state index >= 15 is 0 Å². The van der Waals surface area contributed by atoms with Crippen LogP contribution in [0.15, 0.2) is 0 Å². The molecule has 0 aromatic rings. The van der Waals surface area contributed by atoms with Gasteiger partial charge in [0.1, 0.15) is 0 Å². The minimum Gasteiger partial charge on any atom is -0.377 e. The van der Waals surface area contributed by atoms with Gasteiger partial charge < -0.3 is 15.0 Å². The molecule has 0 radical (unpaired) electrons. The molecule has 0 aromatic heterocycles. The average molecular weight is 242 g/mol. The quantitative estimate of drug-likeness (QED) is 0.772. The van der Waals surface area contributed by atoms with Crippen LogP contribution in [0.4, 0.5) is 0 Å². The molecular formula is C14H30N2O. The molecule has 0 bridgehead atoms. The molecule has 1 aliphatic rings. The predicted molar refractivity (Wildman–Crippen MR) is 73.4 cm³/mol. The first kappa shape index (κ1) is 14.9. The summed E-state index contributed by atoms with van der Waals surface area (Å²) >= 11 is 0. The van der Waals surface area contributed by atoms with Gasteiger partial charge >= 0.3 is 0 Å². The normalized spacial score (nSPS) is 20.1. The minimum atomic E-state index is -0.0466. The van der Waals surface area contributed by atoms with Crippen LogP contribution in [-0.4, -0.2) is 49.8 Å². The summed E-state index contributed by atoms with van der Waals surface area (Å²) in [7, 11) is 1.78. The van der Waals surface area contributed by atoms with E-state index in [0.29, 0.717) is 6.04 Å². The van der Waals surface area contributed by atoms with Crippen molar-refractivity contribution >= 4 is 0 Å². The number of ether oxygens (including phenoxy) is 1. The largest absolute Gasteiger partial charge is 0.377 e. The van der Waals surface area contributed by atoms with E-state index in [4.69, 9.17) is 4.74 Å². The Morgan fingerprint density at radius 1 is 1.29 bits per heavy atom. The highest BCUT2D eigenvalue weighted by Gasteiger charge is 2.22. The van der Waals surface area contributed by atoms with E-state index in [1.165, 1.54) is 32.5 Å². The Labute approximate surface area is 107 Å². The fourth-order valence-corrected chi connectivity index (χ4v) is 2.30. The molecule has 0 amide bonds. The van der Waals surface area contributed by atoms with Crippen molar-refractivity contribution < 1.29 is 4.74 Å². The Kier molecular flexibility index (Phi) is 5.90. The second kappa shape index (κ2) is 6.72. The van der Waals surface area contributed by atoms with Gasteiger partial charge in [-0.3, -0.25) is 0 Å². The number of nitrogens with zero attached hydrogens (tertiary/aromatic N) is 1. The van der Waals surface area contributed by atoms with Crippen molar-refractivity contribution in [2.75, 3.05) is 33.3 Å². The molecule has 0 spiro atoms. The van der Waals surface area contributed by atoms with Gasteiger partial charge in [0.05, 0.1) is 5.60 Å². The van der Waals surface area contributed by atoms with E-state index in [1.807, 2.05) is 0 Å². The third kappa shape index (κ3) is 5.84. The van der Waals surface area contributed by atoms with Gasteiger partial charge in [-0.15, -0.1) is 0 Å². The molecule has 3 heteroatoms. The molecule has 0 aromatic carbocycles. The van der Waals surface area contributed by atoms with Crippen molar-refractivity contribution in [1.82, 2.24) is 10.2 Å². The first-order valence-corrected chi connectivity index (χ1v) is 6.94. The molecular weight excluding hydrogens is 212 g/mol. The van der Waals surface area contributed by atoms with Crippen LogP contribution in [0.25, 0.3) is 0 Å². The fraction of sp³-hybridized carbons (Fsp3) is 1.00. The van der Waals surface area contributed by atoms with E-state index in [0.717, 1.165) is 12.5 Å².